The van der Waals surface area contributed by atoms with Gasteiger partial charge in [0.05, 0.1) is 11.6 Å². The molecule has 0 bridgehead atoms. The smallest absolute Gasteiger partial charge is 0.133 e. The number of ether oxygens (including phenoxy) is 1. The molecule has 0 aliphatic heterocycles. The zero-order chi connectivity index (χ0) is 13.0. The molecule has 0 saturated heterocycles. The van der Waals surface area contributed by atoms with Crippen LogP contribution in [0, 0.1) is 0 Å². The van der Waals surface area contributed by atoms with Crippen molar-refractivity contribution in [1.29, 1.82) is 0 Å². The van der Waals surface area contributed by atoms with Gasteiger partial charge in [-0.3, -0.25) is 0 Å². The Hall–Kier alpha value is -0.800. The maximum atomic E-state index is 5.24. The zero-order valence-electron chi connectivity index (χ0n) is 10.1. The van der Waals surface area contributed by atoms with Crippen molar-refractivity contribution in [1.82, 2.24) is 0 Å². The van der Waals surface area contributed by atoms with Crippen LogP contribution in [0.2, 0.25) is 0 Å². The largest absolute Gasteiger partial charge is 0.496 e. The Labute approximate surface area is 124 Å². The van der Waals surface area contributed by atoms with Crippen LogP contribution in [-0.2, 0) is 6.42 Å². The quantitative estimate of drug-likeness (QED) is 0.678. The van der Waals surface area contributed by atoms with E-state index >= 15 is 0 Å². The molecule has 0 aliphatic rings. The van der Waals surface area contributed by atoms with Crippen molar-refractivity contribution in [2.24, 2.45) is 0 Å². The summed E-state index contributed by atoms with van der Waals surface area (Å²) in [6.45, 7) is 0. The van der Waals surface area contributed by atoms with Crippen molar-refractivity contribution in [3.05, 3.63) is 64.1 Å². The molecule has 2 aromatic carbocycles. The molecular formula is C15H14Br2O. The van der Waals surface area contributed by atoms with E-state index in [0.717, 1.165) is 16.6 Å². The second-order valence-corrected chi connectivity index (χ2v) is 6.01. The first kappa shape index (κ1) is 13.6. The van der Waals surface area contributed by atoms with Crippen LogP contribution in [0.1, 0.15) is 16.0 Å². The van der Waals surface area contributed by atoms with Crippen molar-refractivity contribution in [2.75, 3.05) is 7.11 Å². The number of benzene rings is 2. The van der Waals surface area contributed by atoms with E-state index in [-0.39, 0.29) is 0 Å². The van der Waals surface area contributed by atoms with E-state index in [0.29, 0.717) is 4.83 Å². The minimum atomic E-state index is 0.308. The van der Waals surface area contributed by atoms with Crippen molar-refractivity contribution >= 4 is 31.9 Å². The summed E-state index contributed by atoms with van der Waals surface area (Å²) in [4.78, 5) is 0.308. The summed E-state index contributed by atoms with van der Waals surface area (Å²) < 4.78 is 6.22. The van der Waals surface area contributed by atoms with Crippen molar-refractivity contribution in [3.63, 3.8) is 0 Å². The van der Waals surface area contributed by atoms with E-state index in [2.05, 4.69) is 68.3 Å². The van der Waals surface area contributed by atoms with Gasteiger partial charge < -0.3 is 4.74 Å². The van der Waals surface area contributed by atoms with E-state index in [1.54, 1.807) is 7.11 Å². The number of methoxy groups -OCH3 is 1. The third-order valence-corrected chi connectivity index (χ3v) is 4.27. The second kappa shape index (κ2) is 6.39. The third-order valence-electron chi connectivity index (χ3n) is 2.80. The molecule has 1 atom stereocenters. The summed E-state index contributed by atoms with van der Waals surface area (Å²) in [7, 11) is 1.68. The number of hydrogen-bond acceptors (Lipinski definition) is 1. The predicted molar refractivity (Wildman–Crippen MR) is 82.5 cm³/mol. The average Bonchev–Trinajstić information content (AvgIpc) is 2.39. The van der Waals surface area contributed by atoms with Gasteiger partial charge in [-0.2, -0.15) is 0 Å². The molecule has 1 nitrogen and oxygen atoms in total. The second-order valence-electron chi connectivity index (χ2n) is 4.05. The van der Waals surface area contributed by atoms with Crippen LogP contribution < -0.4 is 4.74 Å². The molecule has 3 heteroatoms. The lowest BCUT2D eigenvalue weighted by atomic mass is 10.0. The van der Waals surface area contributed by atoms with Gasteiger partial charge in [0.15, 0.2) is 0 Å². The number of rotatable bonds is 4. The number of halogens is 2. The van der Waals surface area contributed by atoms with Crippen LogP contribution in [0.25, 0.3) is 0 Å². The molecule has 2 aromatic rings. The molecule has 1 unspecified atom stereocenters. The van der Waals surface area contributed by atoms with Crippen LogP contribution in [0.3, 0.4) is 0 Å². The highest BCUT2D eigenvalue weighted by molar-refractivity contribution is 9.10. The van der Waals surface area contributed by atoms with Crippen molar-refractivity contribution in [3.8, 4) is 5.75 Å². The topological polar surface area (TPSA) is 9.23 Å². The Balaban J connectivity index is 2.14. The van der Waals surface area contributed by atoms with Gasteiger partial charge in [-0.1, -0.05) is 52.3 Å². The number of hydrogen-bond donors (Lipinski definition) is 0. The van der Waals surface area contributed by atoms with Gasteiger partial charge in [0.25, 0.3) is 0 Å². The van der Waals surface area contributed by atoms with Crippen molar-refractivity contribution in [2.45, 2.75) is 11.2 Å². The standard InChI is InChI=1S/C15H14Br2O/c1-18-15-8-7-12(10-14(15)17)13(16)9-11-5-3-2-4-6-11/h2-8,10,13H,9H2,1H3. The molecule has 18 heavy (non-hydrogen) atoms. The summed E-state index contributed by atoms with van der Waals surface area (Å²) in [5.74, 6) is 0.859. The normalized spacial score (nSPS) is 12.2. The summed E-state index contributed by atoms with van der Waals surface area (Å²) >= 11 is 7.26. The molecule has 94 valence electrons. The maximum absolute atomic E-state index is 5.24. The highest BCUT2D eigenvalue weighted by Gasteiger charge is 2.10. The summed E-state index contributed by atoms with van der Waals surface area (Å²) in [5, 5.41) is 0. The predicted octanol–water partition coefficient (Wildman–Crippen LogP) is 5.14. The Bertz CT molecular complexity index is 511. The summed E-state index contributed by atoms with van der Waals surface area (Å²) in [5.41, 5.74) is 2.57. The first-order valence-electron chi connectivity index (χ1n) is 5.72. The first-order chi connectivity index (χ1) is 8.70. The third kappa shape index (κ3) is 3.36. The fourth-order valence-electron chi connectivity index (χ4n) is 1.82. The molecule has 0 saturated carbocycles. The Kier molecular flexibility index (Phi) is 4.84. The first-order valence-corrected chi connectivity index (χ1v) is 7.43. The van der Waals surface area contributed by atoms with Gasteiger partial charge in [0.1, 0.15) is 5.75 Å². The van der Waals surface area contributed by atoms with Crippen LogP contribution in [-0.4, -0.2) is 7.11 Å². The molecule has 0 fully saturated rings. The van der Waals surface area contributed by atoms with Gasteiger partial charge >= 0.3 is 0 Å². The molecule has 0 radical (unpaired) electrons. The lowest BCUT2D eigenvalue weighted by molar-refractivity contribution is 0.412. The maximum Gasteiger partial charge on any atom is 0.133 e. The fourth-order valence-corrected chi connectivity index (χ4v) is 3.03. The van der Waals surface area contributed by atoms with E-state index in [9.17, 15) is 0 Å². The van der Waals surface area contributed by atoms with E-state index in [1.165, 1.54) is 11.1 Å². The molecule has 0 heterocycles. The molecule has 0 amide bonds. The Morgan fingerprint density at radius 2 is 1.83 bits per heavy atom. The lowest BCUT2D eigenvalue weighted by Crippen LogP contribution is -1.96. The highest BCUT2D eigenvalue weighted by atomic mass is 79.9. The van der Waals surface area contributed by atoms with E-state index in [4.69, 9.17) is 4.74 Å². The van der Waals surface area contributed by atoms with Gasteiger partial charge in [0.2, 0.25) is 0 Å². The number of alkyl halides is 1. The Morgan fingerprint density at radius 1 is 1.11 bits per heavy atom. The van der Waals surface area contributed by atoms with E-state index in [1.807, 2.05) is 12.1 Å². The van der Waals surface area contributed by atoms with Crippen LogP contribution in [0.4, 0.5) is 0 Å². The monoisotopic (exact) mass is 368 g/mol. The minimum absolute atomic E-state index is 0.308. The van der Waals surface area contributed by atoms with E-state index < -0.39 is 0 Å². The summed E-state index contributed by atoms with van der Waals surface area (Å²) in [6, 6.07) is 16.6. The van der Waals surface area contributed by atoms with Gasteiger partial charge in [-0.15, -0.1) is 0 Å². The zero-order valence-corrected chi connectivity index (χ0v) is 13.2. The summed E-state index contributed by atoms with van der Waals surface area (Å²) in [6.07, 6.45) is 0.972. The highest BCUT2D eigenvalue weighted by Crippen LogP contribution is 2.33. The van der Waals surface area contributed by atoms with Gasteiger partial charge in [-0.25, -0.2) is 0 Å². The van der Waals surface area contributed by atoms with Crippen LogP contribution >= 0.6 is 31.9 Å². The fraction of sp³-hybridized carbons (Fsp3) is 0.200. The van der Waals surface area contributed by atoms with Gasteiger partial charge in [-0.05, 0) is 45.6 Å². The molecule has 2 rings (SSSR count). The van der Waals surface area contributed by atoms with Crippen molar-refractivity contribution < 1.29 is 4.74 Å². The Morgan fingerprint density at radius 3 is 2.44 bits per heavy atom. The lowest BCUT2D eigenvalue weighted by Gasteiger charge is -2.12. The molecule has 0 spiro atoms. The van der Waals surface area contributed by atoms with Crippen LogP contribution in [0.15, 0.2) is 53.0 Å². The van der Waals surface area contributed by atoms with Crippen LogP contribution in [0.5, 0.6) is 5.75 Å². The minimum Gasteiger partial charge on any atom is -0.496 e. The molecule has 0 aromatic heterocycles. The molecule has 0 aliphatic carbocycles. The average molecular weight is 370 g/mol. The van der Waals surface area contributed by atoms with Gasteiger partial charge in [0, 0.05) is 4.83 Å². The molecule has 0 N–H and O–H groups in total. The SMILES string of the molecule is COc1ccc(C(Br)Cc2ccccc2)cc1Br. The molecular weight excluding hydrogens is 356 g/mol.